The number of nitrogens with zero attached hydrogens (tertiary/aromatic N) is 2. The predicted octanol–water partition coefficient (Wildman–Crippen LogP) is 5.35. The first-order valence-corrected chi connectivity index (χ1v) is 10.4. The molecule has 0 bridgehead atoms. The second-order valence-corrected chi connectivity index (χ2v) is 8.68. The van der Waals surface area contributed by atoms with Crippen LogP contribution in [-0.2, 0) is 22.6 Å². The summed E-state index contributed by atoms with van der Waals surface area (Å²) in [5.74, 6) is 0. The van der Waals surface area contributed by atoms with E-state index in [0.717, 1.165) is 22.4 Å². The van der Waals surface area contributed by atoms with Crippen LogP contribution in [0.2, 0.25) is 0 Å². The molecule has 0 saturated heterocycles. The number of hydrogen-bond acceptors (Lipinski definition) is 4. The van der Waals surface area contributed by atoms with Crippen molar-refractivity contribution in [2.24, 2.45) is 0 Å². The normalized spacial score (nSPS) is 13.9. The summed E-state index contributed by atoms with van der Waals surface area (Å²) in [6, 6.07) is 19.3. The zero-order valence-electron chi connectivity index (χ0n) is 18.6. The third kappa shape index (κ3) is 6.35. The fourth-order valence-corrected chi connectivity index (χ4v) is 3.35. The molecule has 6 heteroatoms. The Bertz CT molecular complexity index is 933. The van der Waals surface area contributed by atoms with E-state index in [2.05, 4.69) is 0 Å². The molecule has 31 heavy (non-hydrogen) atoms. The highest BCUT2D eigenvalue weighted by atomic mass is 16.6. The summed E-state index contributed by atoms with van der Waals surface area (Å²) in [7, 11) is 0. The summed E-state index contributed by atoms with van der Waals surface area (Å²) < 4.78 is 11.1. The smallest absolute Gasteiger partial charge is 0.414 e. The second kappa shape index (κ2) is 9.69. The van der Waals surface area contributed by atoms with Gasteiger partial charge in [0.1, 0.15) is 12.2 Å². The lowest BCUT2D eigenvalue weighted by molar-refractivity contribution is 0.0289. The number of hydrogen-bond donors (Lipinski definition) is 0. The van der Waals surface area contributed by atoms with Crippen molar-refractivity contribution in [2.45, 2.75) is 46.4 Å². The van der Waals surface area contributed by atoms with Crippen LogP contribution in [0, 0.1) is 0 Å². The molecular weight excluding hydrogens is 392 g/mol. The maximum absolute atomic E-state index is 13.1. The molecule has 2 amide bonds. The van der Waals surface area contributed by atoms with Crippen LogP contribution in [0.3, 0.4) is 0 Å². The first-order valence-electron chi connectivity index (χ1n) is 10.4. The van der Waals surface area contributed by atoms with Gasteiger partial charge in [-0.1, -0.05) is 60.7 Å². The van der Waals surface area contributed by atoms with Gasteiger partial charge in [0.2, 0.25) is 0 Å². The van der Waals surface area contributed by atoms with Crippen molar-refractivity contribution in [2.75, 3.05) is 13.1 Å². The van der Waals surface area contributed by atoms with Crippen LogP contribution in [-0.4, -0.2) is 40.7 Å². The molecular formula is C25H30N2O4. The Balaban J connectivity index is 1.76. The minimum Gasteiger partial charge on any atom is -0.444 e. The maximum Gasteiger partial charge on any atom is 0.414 e. The van der Waals surface area contributed by atoms with Gasteiger partial charge in [-0.05, 0) is 44.4 Å². The zero-order valence-corrected chi connectivity index (χ0v) is 18.6. The first-order chi connectivity index (χ1) is 14.7. The highest BCUT2D eigenvalue weighted by molar-refractivity contribution is 5.73. The molecule has 164 valence electrons. The fraction of sp³-hybridized carbons (Fsp3) is 0.360. The van der Waals surface area contributed by atoms with Gasteiger partial charge in [0.05, 0.1) is 13.1 Å². The molecule has 0 aliphatic carbocycles. The Kier molecular flexibility index (Phi) is 7.00. The number of rotatable bonds is 5. The Hall–Kier alpha value is -3.28. The molecule has 0 saturated carbocycles. The Morgan fingerprint density at radius 2 is 1.52 bits per heavy atom. The molecule has 2 aromatic rings. The van der Waals surface area contributed by atoms with Crippen molar-refractivity contribution in [1.29, 1.82) is 0 Å². The molecule has 6 nitrogen and oxygen atoms in total. The third-order valence-electron chi connectivity index (χ3n) is 4.85. The minimum atomic E-state index is -0.577. The van der Waals surface area contributed by atoms with Gasteiger partial charge in [0, 0.05) is 12.2 Å². The van der Waals surface area contributed by atoms with Crippen LogP contribution in [0.25, 0.3) is 0 Å². The number of amides is 2. The van der Waals surface area contributed by atoms with E-state index in [-0.39, 0.29) is 12.7 Å². The summed E-state index contributed by atoms with van der Waals surface area (Å²) in [5.41, 5.74) is 3.04. The molecule has 2 aromatic carbocycles. The highest BCUT2D eigenvalue weighted by Gasteiger charge is 2.33. The molecule has 3 rings (SSSR count). The Morgan fingerprint density at radius 1 is 0.935 bits per heavy atom. The van der Waals surface area contributed by atoms with Crippen molar-refractivity contribution < 1.29 is 19.1 Å². The average molecular weight is 423 g/mol. The fourth-order valence-electron chi connectivity index (χ4n) is 3.35. The molecule has 0 aromatic heterocycles. The lowest BCUT2D eigenvalue weighted by Gasteiger charge is -2.27. The number of ether oxygens (including phenoxy) is 2. The quantitative estimate of drug-likeness (QED) is 0.652. The van der Waals surface area contributed by atoms with E-state index in [1.807, 2.05) is 88.4 Å². The standard InChI is InChI=1S/C25H30N2O4/c1-19-15-26(23(28)31-25(2,3)4)17-22(19)27(16-20-11-7-5-8-12-20)24(29)30-18-21-13-9-6-10-14-21/h5-14H,15-18H2,1-4H3. The largest absolute Gasteiger partial charge is 0.444 e. The Labute approximate surface area is 184 Å². The second-order valence-electron chi connectivity index (χ2n) is 8.68. The van der Waals surface area contributed by atoms with Gasteiger partial charge in [0.15, 0.2) is 0 Å². The molecule has 0 radical (unpaired) electrons. The molecule has 1 aliphatic rings. The minimum absolute atomic E-state index is 0.188. The van der Waals surface area contributed by atoms with Gasteiger partial charge in [-0.15, -0.1) is 0 Å². The van der Waals surface area contributed by atoms with E-state index in [0.29, 0.717) is 19.6 Å². The molecule has 1 aliphatic heterocycles. The van der Waals surface area contributed by atoms with E-state index in [9.17, 15) is 9.59 Å². The summed E-state index contributed by atoms with van der Waals surface area (Å²) in [4.78, 5) is 28.9. The van der Waals surface area contributed by atoms with Gasteiger partial charge in [-0.3, -0.25) is 9.80 Å². The van der Waals surface area contributed by atoms with Crippen LogP contribution in [0.5, 0.6) is 0 Å². The summed E-state index contributed by atoms with van der Waals surface area (Å²) >= 11 is 0. The van der Waals surface area contributed by atoms with Crippen LogP contribution in [0.1, 0.15) is 38.8 Å². The first kappa shape index (κ1) is 22.4. The summed E-state index contributed by atoms with van der Waals surface area (Å²) in [6.07, 6.45) is -0.827. The van der Waals surface area contributed by atoms with Crippen LogP contribution in [0.4, 0.5) is 9.59 Å². The summed E-state index contributed by atoms with van der Waals surface area (Å²) in [5, 5.41) is 0. The van der Waals surface area contributed by atoms with Crippen molar-refractivity contribution in [3.8, 4) is 0 Å². The average Bonchev–Trinajstić information content (AvgIpc) is 3.12. The molecule has 0 atom stereocenters. The van der Waals surface area contributed by atoms with E-state index in [1.165, 1.54) is 0 Å². The van der Waals surface area contributed by atoms with Crippen LogP contribution >= 0.6 is 0 Å². The maximum atomic E-state index is 13.1. The molecule has 0 fully saturated rings. The SMILES string of the molecule is CC1=C(N(Cc2ccccc2)C(=O)OCc2ccccc2)CN(C(=O)OC(C)(C)C)C1. The van der Waals surface area contributed by atoms with Gasteiger partial charge in [-0.25, -0.2) is 9.59 Å². The van der Waals surface area contributed by atoms with E-state index < -0.39 is 11.7 Å². The van der Waals surface area contributed by atoms with E-state index in [4.69, 9.17) is 9.47 Å². The highest BCUT2D eigenvalue weighted by Crippen LogP contribution is 2.25. The van der Waals surface area contributed by atoms with Gasteiger partial charge < -0.3 is 9.47 Å². The third-order valence-corrected chi connectivity index (χ3v) is 4.85. The monoisotopic (exact) mass is 422 g/mol. The van der Waals surface area contributed by atoms with E-state index in [1.54, 1.807) is 9.80 Å². The van der Waals surface area contributed by atoms with Crippen LogP contribution in [0.15, 0.2) is 71.9 Å². The van der Waals surface area contributed by atoms with Gasteiger partial charge >= 0.3 is 12.2 Å². The lowest BCUT2D eigenvalue weighted by Crippen LogP contribution is -2.38. The lowest BCUT2D eigenvalue weighted by atomic mass is 10.2. The van der Waals surface area contributed by atoms with Crippen LogP contribution < -0.4 is 0 Å². The number of carbonyl (C=O) groups excluding carboxylic acids is 2. The molecule has 0 spiro atoms. The van der Waals surface area contributed by atoms with Gasteiger partial charge in [-0.2, -0.15) is 0 Å². The zero-order chi connectivity index (χ0) is 22.4. The van der Waals surface area contributed by atoms with Crippen molar-refractivity contribution >= 4 is 12.2 Å². The van der Waals surface area contributed by atoms with E-state index >= 15 is 0 Å². The topological polar surface area (TPSA) is 59.1 Å². The van der Waals surface area contributed by atoms with Crippen molar-refractivity contribution in [1.82, 2.24) is 9.80 Å². The molecule has 1 heterocycles. The van der Waals surface area contributed by atoms with Crippen molar-refractivity contribution in [3.05, 3.63) is 83.1 Å². The summed E-state index contributed by atoms with van der Waals surface area (Å²) in [6.45, 7) is 8.72. The molecule has 0 unspecified atom stereocenters. The predicted molar refractivity (Wildman–Crippen MR) is 119 cm³/mol. The Morgan fingerprint density at radius 3 is 2.10 bits per heavy atom. The molecule has 0 N–H and O–H groups in total. The van der Waals surface area contributed by atoms with Crippen molar-refractivity contribution in [3.63, 3.8) is 0 Å². The number of carbonyl (C=O) groups is 2. The number of benzene rings is 2. The van der Waals surface area contributed by atoms with Gasteiger partial charge in [0.25, 0.3) is 0 Å².